The minimum absolute atomic E-state index is 0.000614. The Balaban J connectivity index is 1.27. The van der Waals surface area contributed by atoms with Crippen molar-refractivity contribution in [1.82, 2.24) is 4.90 Å². The number of halogens is 2. The van der Waals surface area contributed by atoms with Crippen molar-refractivity contribution in [2.24, 2.45) is 0 Å². The number of ketones is 1. The molecule has 1 saturated heterocycles. The molecule has 0 aliphatic carbocycles. The molecule has 37 heavy (non-hydrogen) atoms. The SMILES string of the molecule is COc1ccc(CC(=O)Cc2ccc(N3CCN(C(=O)Cc4c(Cl)cc(OC)cc4Cl)CC3)cc2)cc1. The monoisotopic (exact) mass is 540 g/mol. The van der Waals surface area contributed by atoms with Gasteiger partial charge in [-0.1, -0.05) is 47.5 Å². The van der Waals surface area contributed by atoms with Gasteiger partial charge in [0.15, 0.2) is 0 Å². The van der Waals surface area contributed by atoms with Crippen LogP contribution in [0.4, 0.5) is 5.69 Å². The number of methoxy groups -OCH3 is 2. The third-order valence-corrected chi connectivity index (χ3v) is 7.25. The van der Waals surface area contributed by atoms with Gasteiger partial charge in [0.1, 0.15) is 17.3 Å². The Morgan fingerprint density at radius 3 is 1.76 bits per heavy atom. The van der Waals surface area contributed by atoms with E-state index in [4.69, 9.17) is 32.7 Å². The van der Waals surface area contributed by atoms with Gasteiger partial charge in [-0.25, -0.2) is 0 Å². The molecule has 1 aliphatic rings. The van der Waals surface area contributed by atoms with Gasteiger partial charge in [0.05, 0.1) is 20.6 Å². The zero-order valence-electron chi connectivity index (χ0n) is 21.0. The van der Waals surface area contributed by atoms with Gasteiger partial charge < -0.3 is 19.3 Å². The molecule has 0 atom stereocenters. The molecule has 0 bridgehead atoms. The Hall–Kier alpha value is -3.22. The Morgan fingerprint density at radius 2 is 1.24 bits per heavy atom. The third-order valence-electron chi connectivity index (χ3n) is 6.57. The lowest BCUT2D eigenvalue weighted by atomic mass is 10.0. The zero-order chi connectivity index (χ0) is 26.4. The number of carbonyl (C=O) groups excluding carboxylic acids is 2. The molecule has 1 fully saturated rings. The number of anilines is 1. The minimum atomic E-state index is -0.000614. The summed E-state index contributed by atoms with van der Waals surface area (Å²) in [6, 6.07) is 19.0. The van der Waals surface area contributed by atoms with Crippen molar-refractivity contribution in [2.45, 2.75) is 19.3 Å². The first-order valence-corrected chi connectivity index (χ1v) is 12.9. The molecular formula is C29H30Cl2N2O4. The van der Waals surface area contributed by atoms with Crippen LogP contribution in [0, 0.1) is 0 Å². The Kier molecular flexibility index (Phi) is 8.95. The average Bonchev–Trinajstić information content (AvgIpc) is 2.91. The van der Waals surface area contributed by atoms with Crippen LogP contribution in [0.25, 0.3) is 0 Å². The first-order chi connectivity index (χ1) is 17.9. The number of ether oxygens (including phenoxy) is 2. The Labute approximate surface area is 227 Å². The van der Waals surface area contributed by atoms with Crippen molar-refractivity contribution in [2.75, 3.05) is 45.3 Å². The highest BCUT2D eigenvalue weighted by atomic mass is 35.5. The minimum Gasteiger partial charge on any atom is -0.497 e. The average molecular weight is 541 g/mol. The molecule has 1 amide bonds. The fraction of sp³-hybridized carbons (Fsp3) is 0.310. The van der Waals surface area contributed by atoms with Crippen LogP contribution in [0.1, 0.15) is 16.7 Å². The number of amides is 1. The summed E-state index contributed by atoms with van der Waals surface area (Å²) in [4.78, 5) is 29.5. The van der Waals surface area contributed by atoms with E-state index in [0.717, 1.165) is 35.7 Å². The van der Waals surface area contributed by atoms with Crippen LogP contribution < -0.4 is 14.4 Å². The van der Waals surface area contributed by atoms with Crippen LogP contribution in [0.2, 0.25) is 10.0 Å². The van der Waals surface area contributed by atoms with Crippen LogP contribution in [0.15, 0.2) is 60.7 Å². The smallest absolute Gasteiger partial charge is 0.227 e. The Morgan fingerprint density at radius 1 is 0.730 bits per heavy atom. The summed E-state index contributed by atoms with van der Waals surface area (Å²) in [5.74, 6) is 1.51. The molecule has 3 aromatic carbocycles. The summed E-state index contributed by atoms with van der Waals surface area (Å²) in [5, 5.41) is 0.859. The highest BCUT2D eigenvalue weighted by molar-refractivity contribution is 6.36. The van der Waals surface area contributed by atoms with E-state index in [0.29, 0.717) is 47.3 Å². The van der Waals surface area contributed by atoms with E-state index in [-0.39, 0.29) is 18.1 Å². The Bertz CT molecular complexity index is 1210. The largest absolute Gasteiger partial charge is 0.497 e. The van der Waals surface area contributed by atoms with Gasteiger partial charge in [-0.05, 0) is 53.1 Å². The topological polar surface area (TPSA) is 59.1 Å². The fourth-order valence-corrected chi connectivity index (χ4v) is 5.03. The van der Waals surface area contributed by atoms with Gasteiger partial charge in [0.2, 0.25) is 5.91 Å². The van der Waals surface area contributed by atoms with E-state index in [2.05, 4.69) is 4.90 Å². The maximum Gasteiger partial charge on any atom is 0.227 e. The van der Waals surface area contributed by atoms with Crippen molar-refractivity contribution in [3.8, 4) is 11.5 Å². The van der Waals surface area contributed by atoms with E-state index in [9.17, 15) is 9.59 Å². The van der Waals surface area contributed by atoms with Crippen molar-refractivity contribution in [1.29, 1.82) is 0 Å². The van der Waals surface area contributed by atoms with Crippen LogP contribution in [-0.2, 0) is 28.9 Å². The number of nitrogens with zero attached hydrogens (tertiary/aromatic N) is 2. The van der Waals surface area contributed by atoms with E-state index in [1.165, 1.54) is 0 Å². The molecule has 0 saturated carbocycles. The standard InChI is InChI=1S/C29H30Cl2N2O4/c1-36-24-9-5-21(6-10-24)16-23(34)15-20-3-7-22(8-4-20)32-11-13-33(14-12-32)29(35)19-26-27(30)17-25(37-2)18-28(26)31/h3-10,17-18H,11-16,19H2,1-2H3. The first kappa shape index (κ1) is 26.8. The molecule has 8 heteroatoms. The molecule has 1 aliphatic heterocycles. The summed E-state index contributed by atoms with van der Waals surface area (Å²) < 4.78 is 10.3. The molecule has 0 radical (unpaired) electrons. The van der Waals surface area contributed by atoms with E-state index >= 15 is 0 Å². The molecule has 4 rings (SSSR count). The lowest BCUT2D eigenvalue weighted by Gasteiger charge is -2.36. The van der Waals surface area contributed by atoms with Crippen molar-refractivity contribution >= 4 is 40.6 Å². The summed E-state index contributed by atoms with van der Waals surface area (Å²) in [7, 11) is 3.17. The molecule has 0 unspecified atom stereocenters. The number of hydrogen-bond donors (Lipinski definition) is 0. The molecule has 0 spiro atoms. The van der Waals surface area contributed by atoms with Crippen molar-refractivity contribution in [3.05, 3.63) is 87.4 Å². The van der Waals surface area contributed by atoms with Gasteiger partial charge >= 0.3 is 0 Å². The maximum atomic E-state index is 12.9. The fourth-order valence-electron chi connectivity index (χ4n) is 4.43. The van der Waals surface area contributed by atoms with Gasteiger partial charge in [0, 0.05) is 54.8 Å². The highest BCUT2D eigenvalue weighted by Gasteiger charge is 2.23. The molecule has 6 nitrogen and oxygen atoms in total. The number of carbonyl (C=O) groups is 2. The first-order valence-electron chi connectivity index (χ1n) is 12.1. The van der Waals surface area contributed by atoms with Crippen LogP contribution in [0.3, 0.4) is 0 Å². The van der Waals surface area contributed by atoms with Crippen molar-refractivity contribution in [3.63, 3.8) is 0 Å². The second kappa shape index (κ2) is 12.3. The van der Waals surface area contributed by atoms with E-state index < -0.39 is 0 Å². The summed E-state index contributed by atoms with van der Waals surface area (Å²) in [6.07, 6.45) is 0.945. The third kappa shape index (κ3) is 6.96. The summed E-state index contributed by atoms with van der Waals surface area (Å²) in [6.45, 7) is 2.69. The quantitative estimate of drug-likeness (QED) is 0.370. The van der Waals surface area contributed by atoms with Crippen LogP contribution in [-0.4, -0.2) is 57.0 Å². The van der Waals surface area contributed by atoms with Gasteiger partial charge in [-0.3, -0.25) is 9.59 Å². The second-order valence-corrected chi connectivity index (χ2v) is 9.84. The lowest BCUT2D eigenvalue weighted by Crippen LogP contribution is -2.49. The maximum absolute atomic E-state index is 12.9. The lowest BCUT2D eigenvalue weighted by molar-refractivity contribution is -0.130. The highest BCUT2D eigenvalue weighted by Crippen LogP contribution is 2.31. The van der Waals surface area contributed by atoms with Crippen LogP contribution in [0.5, 0.6) is 11.5 Å². The number of piperazine rings is 1. The molecule has 194 valence electrons. The van der Waals surface area contributed by atoms with Crippen LogP contribution >= 0.6 is 23.2 Å². The number of hydrogen-bond acceptors (Lipinski definition) is 5. The molecule has 1 heterocycles. The van der Waals surface area contributed by atoms with Crippen molar-refractivity contribution < 1.29 is 19.1 Å². The number of Topliss-reactive ketones (excluding diaryl/α,β-unsaturated/α-hetero) is 1. The van der Waals surface area contributed by atoms with Gasteiger partial charge in [-0.15, -0.1) is 0 Å². The van der Waals surface area contributed by atoms with Gasteiger partial charge in [0.25, 0.3) is 0 Å². The number of benzene rings is 3. The summed E-state index contributed by atoms with van der Waals surface area (Å²) in [5.41, 5.74) is 3.67. The molecule has 0 N–H and O–H groups in total. The second-order valence-electron chi connectivity index (χ2n) is 9.02. The van der Waals surface area contributed by atoms with E-state index in [1.807, 2.05) is 53.4 Å². The molecule has 0 aromatic heterocycles. The van der Waals surface area contributed by atoms with Gasteiger partial charge in [-0.2, -0.15) is 0 Å². The zero-order valence-corrected chi connectivity index (χ0v) is 22.5. The molecule has 3 aromatic rings. The normalized spacial score (nSPS) is 13.4. The summed E-state index contributed by atoms with van der Waals surface area (Å²) >= 11 is 12.7. The predicted octanol–water partition coefficient (Wildman–Crippen LogP) is 5.26. The number of rotatable bonds is 9. The predicted molar refractivity (Wildman–Crippen MR) is 147 cm³/mol. The molecular weight excluding hydrogens is 511 g/mol. The van der Waals surface area contributed by atoms with E-state index in [1.54, 1.807) is 26.4 Å².